The van der Waals surface area contributed by atoms with E-state index in [9.17, 15) is 9.59 Å². The summed E-state index contributed by atoms with van der Waals surface area (Å²) in [6.45, 7) is 3.75. The SMILES string of the molecule is O=C(NCc1nn(CCN2CCCC2)c(=O)c2ccccc12)C(c1ccccc1)c1ccccc1. The summed E-state index contributed by atoms with van der Waals surface area (Å²) in [4.78, 5) is 29.0. The number of hydrogen-bond donors (Lipinski definition) is 1. The van der Waals surface area contributed by atoms with E-state index >= 15 is 0 Å². The van der Waals surface area contributed by atoms with Crippen molar-refractivity contribution in [3.05, 3.63) is 112 Å². The molecule has 1 N–H and O–H groups in total. The molecule has 0 bridgehead atoms. The predicted octanol–water partition coefficient (Wildman–Crippen LogP) is 3.94. The van der Waals surface area contributed by atoms with Crippen LogP contribution in [0.1, 0.15) is 35.6 Å². The highest BCUT2D eigenvalue weighted by Gasteiger charge is 2.23. The lowest BCUT2D eigenvalue weighted by atomic mass is 9.90. The predicted molar refractivity (Wildman–Crippen MR) is 138 cm³/mol. The largest absolute Gasteiger partial charge is 0.350 e. The van der Waals surface area contributed by atoms with E-state index in [1.54, 1.807) is 4.68 Å². The lowest BCUT2D eigenvalue weighted by Crippen LogP contribution is -2.34. The van der Waals surface area contributed by atoms with Gasteiger partial charge in [0.1, 0.15) is 0 Å². The third-order valence-corrected chi connectivity index (χ3v) is 6.73. The van der Waals surface area contributed by atoms with Crippen LogP contribution in [0.15, 0.2) is 89.7 Å². The zero-order chi connectivity index (χ0) is 24.0. The maximum absolute atomic E-state index is 13.5. The number of rotatable bonds is 8. The van der Waals surface area contributed by atoms with Crippen LogP contribution in [0, 0.1) is 0 Å². The number of fused-ring (bicyclic) bond motifs is 1. The molecule has 178 valence electrons. The number of amides is 1. The van der Waals surface area contributed by atoms with Crippen molar-refractivity contribution in [1.29, 1.82) is 0 Å². The van der Waals surface area contributed by atoms with Gasteiger partial charge >= 0.3 is 0 Å². The van der Waals surface area contributed by atoms with Gasteiger partial charge in [0.25, 0.3) is 5.56 Å². The first-order chi connectivity index (χ1) is 17.2. The molecule has 6 nitrogen and oxygen atoms in total. The molecule has 2 heterocycles. The molecule has 4 aromatic rings. The fourth-order valence-corrected chi connectivity index (χ4v) is 4.89. The Morgan fingerprint density at radius 2 is 1.37 bits per heavy atom. The third kappa shape index (κ3) is 5.17. The van der Waals surface area contributed by atoms with Crippen molar-refractivity contribution in [2.24, 2.45) is 0 Å². The summed E-state index contributed by atoms with van der Waals surface area (Å²) < 4.78 is 1.56. The van der Waals surface area contributed by atoms with Crippen LogP contribution in [0.3, 0.4) is 0 Å². The number of hydrogen-bond acceptors (Lipinski definition) is 4. The summed E-state index contributed by atoms with van der Waals surface area (Å²) in [5, 5.41) is 9.22. The fourth-order valence-electron chi connectivity index (χ4n) is 4.89. The van der Waals surface area contributed by atoms with Gasteiger partial charge in [0.2, 0.25) is 5.91 Å². The molecule has 0 spiro atoms. The van der Waals surface area contributed by atoms with Gasteiger partial charge in [-0.2, -0.15) is 5.10 Å². The lowest BCUT2D eigenvalue weighted by Gasteiger charge is -2.19. The average molecular weight is 467 g/mol. The van der Waals surface area contributed by atoms with E-state index in [0.29, 0.717) is 17.6 Å². The molecule has 3 aromatic carbocycles. The normalized spacial score (nSPS) is 14.0. The van der Waals surface area contributed by atoms with E-state index in [1.807, 2.05) is 84.9 Å². The Morgan fingerprint density at radius 3 is 2.00 bits per heavy atom. The van der Waals surface area contributed by atoms with Crippen molar-refractivity contribution in [2.45, 2.75) is 31.8 Å². The summed E-state index contributed by atoms with van der Waals surface area (Å²) in [6, 6.07) is 27.1. The summed E-state index contributed by atoms with van der Waals surface area (Å²) in [7, 11) is 0. The number of carbonyl (C=O) groups excluding carboxylic acids is 1. The number of benzene rings is 3. The van der Waals surface area contributed by atoms with E-state index in [4.69, 9.17) is 5.10 Å². The van der Waals surface area contributed by atoms with Crippen molar-refractivity contribution in [3.8, 4) is 0 Å². The highest BCUT2D eigenvalue weighted by molar-refractivity contribution is 5.88. The zero-order valence-corrected chi connectivity index (χ0v) is 19.8. The van der Waals surface area contributed by atoms with E-state index in [2.05, 4.69) is 10.2 Å². The second kappa shape index (κ2) is 10.7. The second-order valence-corrected chi connectivity index (χ2v) is 9.04. The maximum atomic E-state index is 13.5. The van der Waals surface area contributed by atoms with Gasteiger partial charge in [-0.1, -0.05) is 78.9 Å². The van der Waals surface area contributed by atoms with Crippen LogP contribution in [0.25, 0.3) is 10.8 Å². The Labute approximate surface area is 205 Å². The molecule has 0 radical (unpaired) electrons. The number of nitrogens with zero attached hydrogens (tertiary/aromatic N) is 3. The van der Waals surface area contributed by atoms with Crippen LogP contribution in [0.4, 0.5) is 0 Å². The summed E-state index contributed by atoms with van der Waals surface area (Å²) in [6.07, 6.45) is 2.42. The fraction of sp³-hybridized carbons (Fsp3) is 0.276. The highest BCUT2D eigenvalue weighted by atomic mass is 16.2. The van der Waals surface area contributed by atoms with E-state index in [-0.39, 0.29) is 18.0 Å². The van der Waals surface area contributed by atoms with E-state index in [1.165, 1.54) is 12.8 Å². The van der Waals surface area contributed by atoms with Crippen molar-refractivity contribution >= 4 is 16.7 Å². The molecular formula is C29H30N4O2. The summed E-state index contributed by atoms with van der Waals surface area (Å²) in [5.74, 6) is -0.521. The number of likely N-dealkylation sites (tertiary alicyclic amines) is 1. The second-order valence-electron chi connectivity index (χ2n) is 9.04. The topological polar surface area (TPSA) is 67.2 Å². The molecule has 0 atom stereocenters. The van der Waals surface area contributed by atoms with Gasteiger partial charge < -0.3 is 10.2 Å². The monoisotopic (exact) mass is 466 g/mol. The minimum Gasteiger partial charge on any atom is -0.350 e. The zero-order valence-electron chi connectivity index (χ0n) is 19.8. The molecule has 35 heavy (non-hydrogen) atoms. The Kier molecular flexibility index (Phi) is 7.00. The van der Waals surface area contributed by atoms with Crippen molar-refractivity contribution in [2.75, 3.05) is 19.6 Å². The molecule has 1 aliphatic rings. The maximum Gasteiger partial charge on any atom is 0.274 e. The van der Waals surface area contributed by atoms with Crippen LogP contribution in [-0.2, 0) is 17.9 Å². The van der Waals surface area contributed by atoms with Crippen LogP contribution >= 0.6 is 0 Å². The molecule has 0 saturated carbocycles. The van der Waals surface area contributed by atoms with Gasteiger partial charge in [-0.05, 0) is 43.1 Å². The molecule has 5 rings (SSSR count). The summed E-state index contributed by atoms with van der Waals surface area (Å²) >= 11 is 0. The van der Waals surface area contributed by atoms with Crippen LogP contribution in [0.2, 0.25) is 0 Å². The molecule has 1 saturated heterocycles. The average Bonchev–Trinajstić information content (AvgIpc) is 3.43. The molecule has 1 aliphatic heterocycles. The Balaban J connectivity index is 1.41. The van der Waals surface area contributed by atoms with Crippen LogP contribution < -0.4 is 10.9 Å². The molecule has 1 amide bonds. The number of carbonyl (C=O) groups is 1. The molecule has 1 aromatic heterocycles. The quantitative estimate of drug-likeness (QED) is 0.427. The van der Waals surface area contributed by atoms with Gasteiger partial charge in [-0.3, -0.25) is 9.59 Å². The van der Waals surface area contributed by atoms with Gasteiger partial charge in [0.05, 0.1) is 30.1 Å². The van der Waals surface area contributed by atoms with Gasteiger partial charge in [-0.25, -0.2) is 4.68 Å². The van der Waals surface area contributed by atoms with Gasteiger partial charge in [0.15, 0.2) is 0 Å². The van der Waals surface area contributed by atoms with E-state index < -0.39 is 5.92 Å². The third-order valence-electron chi connectivity index (χ3n) is 6.73. The lowest BCUT2D eigenvalue weighted by molar-refractivity contribution is -0.121. The molecule has 0 unspecified atom stereocenters. The first kappa shape index (κ1) is 23.0. The van der Waals surface area contributed by atoms with Gasteiger partial charge in [0, 0.05) is 11.9 Å². The standard InChI is InChI=1S/C29H30N4O2/c34-28(27(22-11-3-1-4-12-22)23-13-5-2-6-14-23)30-21-26-24-15-7-8-16-25(24)29(35)33(31-26)20-19-32-17-9-10-18-32/h1-8,11-16,27H,9-10,17-21H2,(H,30,34). The molecule has 0 aliphatic carbocycles. The Hall–Kier alpha value is -3.77. The van der Waals surface area contributed by atoms with Crippen LogP contribution in [-0.4, -0.2) is 40.2 Å². The molecular weight excluding hydrogens is 436 g/mol. The Morgan fingerprint density at radius 1 is 0.800 bits per heavy atom. The smallest absolute Gasteiger partial charge is 0.274 e. The Bertz CT molecular complexity index is 1310. The molecule has 6 heteroatoms. The minimum atomic E-state index is -0.426. The van der Waals surface area contributed by atoms with E-state index in [0.717, 1.165) is 36.1 Å². The number of aromatic nitrogens is 2. The van der Waals surface area contributed by atoms with Crippen molar-refractivity contribution in [1.82, 2.24) is 20.0 Å². The van der Waals surface area contributed by atoms with Crippen molar-refractivity contribution in [3.63, 3.8) is 0 Å². The first-order valence-electron chi connectivity index (χ1n) is 12.3. The van der Waals surface area contributed by atoms with Gasteiger partial charge in [-0.15, -0.1) is 0 Å². The first-order valence-corrected chi connectivity index (χ1v) is 12.3. The highest BCUT2D eigenvalue weighted by Crippen LogP contribution is 2.25. The summed E-state index contributed by atoms with van der Waals surface area (Å²) in [5.41, 5.74) is 2.49. The van der Waals surface area contributed by atoms with Crippen molar-refractivity contribution < 1.29 is 4.79 Å². The molecule has 1 fully saturated rings. The van der Waals surface area contributed by atoms with Crippen LogP contribution in [0.5, 0.6) is 0 Å². The minimum absolute atomic E-state index is 0.0821. The number of nitrogens with one attached hydrogen (secondary N) is 1.